The molecule has 0 unspecified atom stereocenters. The molecule has 1 amide bonds. The Morgan fingerprint density at radius 1 is 1.03 bits per heavy atom. The van der Waals surface area contributed by atoms with Gasteiger partial charge in [0.05, 0.1) is 12.8 Å². The van der Waals surface area contributed by atoms with Crippen LogP contribution in [0.1, 0.15) is 28.7 Å². The standard InChI is InChI=1S/C25H24N4O2/c1-4-18-8-10-20(11-9-18)26-25(30)23-27-24(19-7-5-6-17(2)16-19)29(28-23)21-12-14-22(31-3)15-13-21/h5-16H,4H2,1-3H3,(H,26,30). The minimum Gasteiger partial charge on any atom is -0.497 e. The zero-order valence-corrected chi connectivity index (χ0v) is 17.8. The predicted octanol–water partition coefficient (Wildman–Crippen LogP) is 5.07. The number of hydrogen-bond donors (Lipinski definition) is 1. The molecule has 6 nitrogen and oxygen atoms in total. The second-order valence-corrected chi connectivity index (χ2v) is 7.24. The van der Waals surface area contributed by atoms with Crippen LogP contribution in [0.4, 0.5) is 5.69 Å². The summed E-state index contributed by atoms with van der Waals surface area (Å²) in [6.07, 6.45) is 0.946. The van der Waals surface area contributed by atoms with Gasteiger partial charge in [0.1, 0.15) is 5.75 Å². The van der Waals surface area contributed by atoms with E-state index in [0.717, 1.165) is 29.0 Å². The van der Waals surface area contributed by atoms with Crippen molar-refractivity contribution in [1.29, 1.82) is 0 Å². The van der Waals surface area contributed by atoms with Gasteiger partial charge in [0.15, 0.2) is 5.82 Å². The number of ether oxygens (including phenoxy) is 1. The molecule has 6 heteroatoms. The molecule has 1 heterocycles. The van der Waals surface area contributed by atoms with Crippen LogP contribution in [0, 0.1) is 6.92 Å². The summed E-state index contributed by atoms with van der Waals surface area (Å²) in [5.74, 6) is 1.09. The number of rotatable bonds is 6. The highest BCUT2D eigenvalue weighted by atomic mass is 16.5. The van der Waals surface area contributed by atoms with Gasteiger partial charge in [0.25, 0.3) is 5.91 Å². The van der Waals surface area contributed by atoms with Crippen molar-refractivity contribution in [3.05, 3.63) is 89.7 Å². The molecule has 0 spiro atoms. The molecular weight excluding hydrogens is 388 g/mol. The molecule has 0 bridgehead atoms. The van der Waals surface area contributed by atoms with Crippen molar-refractivity contribution in [2.45, 2.75) is 20.3 Å². The fraction of sp³-hybridized carbons (Fsp3) is 0.160. The number of aromatic nitrogens is 3. The molecule has 1 aromatic heterocycles. The number of nitrogens with one attached hydrogen (secondary N) is 1. The number of amides is 1. The van der Waals surface area contributed by atoms with Crippen LogP contribution in [-0.2, 0) is 6.42 Å². The Labute approximate surface area is 181 Å². The Morgan fingerprint density at radius 3 is 2.42 bits per heavy atom. The fourth-order valence-corrected chi connectivity index (χ4v) is 3.29. The van der Waals surface area contributed by atoms with Crippen LogP contribution in [0.3, 0.4) is 0 Å². The van der Waals surface area contributed by atoms with E-state index in [1.165, 1.54) is 5.56 Å². The van der Waals surface area contributed by atoms with Crippen molar-refractivity contribution in [1.82, 2.24) is 14.8 Å². The summed E-state index contributed by atoms with van der Waals surface area (Å²) >= 11 is 0. The molecule has 0 aliphatic heterocycles. The highest BCUT2D eigenvalue weighted by Crippen LogP contribution is 2.24. The van der Waals surface area contributed by atoms with E-state index in [9.17, 15) is 4.79 Å². The first-order valence-corrected chi connectivity index (χ1v) is 10.2. The number of aryl methyl sites for hydroxylation is 2. The van der Waals surface area contributed by atoms with Crippen LogP contribution < -0.4 is 10.1 Å². The molecule has 0 aliphatic rings. The minimum absolute atomic E-state index is 0.104. The van der Waals surface area contributed by atoms with Gasteiger partial charge >= 0.3 is 0 Å². The molecule has 4 aromatic rings. The van der Waals surface area contributed by atoms with Gasteiger partial charge < -0.3 is 10.1 Å². The fourth-order valence-electron chi connectivity index (χ4n) is 3.29. The summed E-state index contributed by atoms with van der Waals surface area (Å²) in [5, 5.41) is 7.41. The van der Waals surface area contributed by atoms with E-state index in [0.29, 0.717) is 11.5 Å². The van der Waals surface area contributed by atoms with Crippen LogP contribution in [-0.4, -0.2) is 27.8 Å². The molecule has 0 atom stereocenters. The maximum atomic E-state index is 12.9. The third-order valence-electron chi connectivity index (χ3n) is 5.02. The molecule has 0 aliphatic carbocycles. The van der Waals surface area contributed by atoms with Crippen molar-refractivity contribution >= 4 is 11.6 Å². The third kappa shape index (κ3) is 4.48. The van der Waals surface area contributed by atoms with Crippen molar-refractivity contribution in [2.24, 2.45) is 0 Å². The van der Waals surface area contributed by atoms with Gasteiger partial charge in [-0.2, -0.15) is 0 Å². The molecule has 1 N–H and O–H groups in total. The molecule has 3 aromatic carbocycles. The van der Waals surface area contributed by atoms with Gasteiger partial charge in [-0.15, -0.1) is 5.10 Å². The Hall–Kier alpha value is -3.93. The first-order valence-electron chi connectivity index (χ1n) is 10.2. The lowest BCUT2D eigenvalue weighted by molar-refractivity contribution is 0.101. The average molecular weight is 412 g/mol. The van der Waals surface area contributed by atoms with Gasteiger partial charge in [-0.3, -0.25) is 4.79 Å². The Morgan fingerprint density at radius 2 is 1.77 bits per heavy atom. The van der Waals surface area contributed by atoms with Crippen molar-refractivity contribution in [2.75, 3.05) is 12.4 Å². The topological polar surface area (TPSA) is 69.0 Å². The van der Waals surface area contributed by atoms with Crippen LogP contribution in [0.2, 0.25) is 0 Å². The molecule has 0 saturated heterocycles. The highest BCUT2D eigenvalue weighted by Gasteiger charge is 2.19. The summed E-state index contributed by atoms with van der Waals surface area (Å²) in [6, 6.07) is 23.2. The summed E-state index contributed by atoms with van der Waals surface area (Å²) in [5.41, 5.74) is 4.69. The van der Waals surface area contributed by atoms with E-state index in [2.05, 4.69) is 22.3 Å². The Kier molecular flexibility index (Phi) is 5.80. The molecule has 31 heavy (non-hydrogen) atoms. The number of nitrogens with zero attached hydrogens (tertiary/aromatic N) is 3. The average Bonchev–Trinajstić information content (AvgIpc) is 3.25. The van der Waals surface area contributed by atoms with E-state index >= 15 is 0 Å². The first kappa shape index (κ1) is 20.3. The molecule has 0 radical (unpaired) electrons. The van der Waals surface area contributed by atoms with Crippen molar-refractivity contribution < 1.29 is 9.53 Å². The maximum absolute atomic E-state index is 12.9. The number of benzene rings is 3. The zero-order chi connectivity index (χ0) is 21.8. The Balaban J connectivity index is 1.71. The lowest BCUT2D eigenvalue weighted by atomic mass is 10.1. The van der Waals surface area contributed by atoms with E-state index in [1.54, 1.807) is 11.8 Å². The number of methoxy groups -OCH3 is 1. The second-order valence-electron chi connectivity index (χ2n) is 7.24. The largest absolute Gasteiger partial charge is 0.497 e. The quantitative estimate of drug-likeness (QED) is 0.480. The number of carbonyl (C=O) groups is 1. The third-order valence-corrected chi connectivity index (χ3v) is 5.02. The second kappa shape index (κ2) is 8.83. The molecule has 0 fully saturated rings. The van der Waals surface area contributed by atoms with Gasteiger partial charge in [-0.05, 0) is 61.4 Å². The van der Waals surface area contributed by atoms with Crippen LogP contribution in [0.15, 0.2) is 72.8 Å². The summed E-state index contributed by atoms with van der Waals surface area (Å²) < 4.78 is 6.94. The SMILES string of the molecule is CCc1ccc(NC(=O)c2nc(-c3cccc(C)c3)n(-c3ccc(OC)cc3)n2)cc1. The lowest BCUT2D eigenvalue weighted by Crippen LogP contribution is -2.14. The summed E-state index contributed by atoms with van der Waals surface area (Å²) in [4.78, 5) is 17.5. The van der Waals surface area contributed by atoms with Gasteiger partial charge in [0, 0.05) is 11.3 Å². The van der Waals surface area contributed by atoms with Crippen LogP contribution >= 0.6 is 0 Å². The molecule has 0 saturated carbocycles. The van der Waals surface area contributed by atoms with Crippen molar-refractivity contribution in [3.8, 4) is 22.8 Å². The highest BCUT2D eigenvalue weighted by molar-refractivity contribution is 6.01. The lowest BCUT2D eigenvalue weighted by Gasteiger charge is -2.07. The smallest absolute Gasteiger partial charge is 0.295 e. The monoisotopic (exact) mass is 412 g/mol. The maximum Gasteiger partial charge on any atom is 0.295 e. The zero-order valence-electron chi connectivity index (χ0n) is 17.8. The predicted molar refractivity (Wildman–Crippen MR) is 122 cm³/mol. The van der Waals surface area contributed by atoms with E-state index < -0.39 is 0 Å². The Bertz CT molecular complexity index is 1200. The molecule has 4 rings (SSSR count). The molecule has 156 valence electrons. The van der Waals surface area contributed by atoms with Crippen LogP contribution in [0.25, 0.3) is 17.1 Å². The van der Waals surface area contributed by atoms with E-state index in [1.807, 2.05) is 79.7 Å². The normalized spacial score (nSPS) is 10.7. The van der Waals surface area contributed by atoms with Gasteiger partial charge in [-0.25, -0.2) is 9.67 Å². The van der Waals surface area contributed by atoms with E-state index in [-0.39, 0.29) is 11.7 Å². The number of carbonyl (C=O) groups excluding carboxylic acids is 1. The number of anilines is 1. The van der Waals surface area contributed by atoms with E-state index in [4.69, 9.17) is 4.74 Å². The summed E-state index contributed by atoms with van der Waals surface area (Å²) in [7, 11) is 1.62. The minimum atomic E-state index is -0.356. The molecular formula is C25H24N4O2. The van der Waals surface area contributed by atoms with Crippen LogP contribution in [0.5, 0.6) is 5.75 Å². The first-order chi connectivity index (χ1) is 15.1. The van der Waals surface area contributed by atoms with Gasteiger partial charge in [0.2, 0.25) is 5.82 Å². The number of hydrogen-bond acceptors (Lipinski definition) is 4. The summed E-state index contributed by atoms with van der Waals surface area (Å²) in [6.45, 7) is 4.11. The van der Waals surface area contributed by atoms with Crippen molar-refractivity contribution in [3.63, 3.8) is 0 Å². The van der Waals surface area contributed by atoms with Gasteiger partial charge in [-0.1, -0.05) is 42.8 Å².